The third-order valence-corrected chi connectivity index (χ3v) is 14.6. The number of carbonyl (C=O) groups is 3. The van der Waals surface area contributed by atoms with E-state index in [1.165, 1.54) is 186 Å². The number of allylic oxidation sites excluding steroid dienone is 15. The number of carbonyl (C=O) groups excluding carboxylic acids is 3. The summed E-state index contributed by atoms with van der Waals surface area (Å²) in [5.74, 6) is -1.06. The number of esters is 3. The van der Waals surface area contributed by atoms with E-state index in [9.17, 15) is 14.4 Å². The average Bonchev–Trinajstić information content (AvgIpc) is 3.45. The third kappa shape index (κ3) is 65.0. The summed E-state index contributed by atoms with van der Waals surface area (Å²) < 4.78 is 16.8. The van der Waals surface area contributed by atoms with Crippen LogP contribution in [0.4, 0.5) is 0 Å². The fraction of sp³-hybridized carbons (Fsp3) is 0.740. The predicted molar refractivity (Wildman–Crippen MR) is 344 cm³/mol. The van der Waals surface area contributed by atoms with Crippen LogP contribution in [0, 0.1) is 0 Å². The summed E-state index contributed by atoms with van der Waals surface area (Å²) in [5, 5.41) is 0. The van der Waals surface area contributed by atoms with Crippen molar-refractivity contribution in [3.63, 3.8) is 0 Å². The molecule has 0 aromatic carbocycles. The maximum atomic E-state index is 12.8. The second-order valence-corrected chi connectivity index (χ2v) is 22.4. The highest BCUT2D eigenvalue weighted by molar-refractivity contribution is 5.72. The molecule has 454 valence electrons. The van der Waals surface area contributed by atoms with Gasteiger partial charge in [0.05, 0.1) is 6.42 Å². The fourth-order valence-corrected chi connectivity index (χ4v) is 9.55. The molecule has 1 unspecified atom stereocenters. The van der Waals surface area contributed by atoms with Gasteiger partial charge in [-0.25, -0.2) is 0 Å². The van der Waals surface area contributed by atoms with Crippen LogP contribution in [0.3, 0.4) is 0 Å². The first-order chi connectivity index (χ1) is 39.0. The maximum absolute atomic E-state index is 12.8. The first-order valence-electron chi connectivity index (χ1n) is 33.7. The summed E-state index contributed by atoms with van der Waals surface area (Å²) in [7, 11) is 0. The van der Waals surface area contributed by atoms with Crippen molar-refractivity contribution in [1.82, 2.24) is 0 Å². The highest BCUT2D eigenvalue weighted by Crippen LogP contribution is 2.17. The van der Waals surface area contributed by atoms with Gasteiger partial charge in [-0.15, -0.1) is 0 Å². The molecule has 6 nitrogen and oxygen atoms in total. The van der Waals surface area contributed by atoms with Gasteiger partial charge in [0.2, 0.25) is 0 Å². The van der Waals surface area contributed by atoms with Gasteiger partial charge in [-0.1, -0.05) is 311 Å². The smallest absolute Gasteiger partial charge is 0.310 e. The van der Waals surface area contributed by atoms with Crippen molar-refractivity contribution in [2.75, 3.05) is 13.2 Å². The van der Waals surface area contributed by atoms with Crippen molar-refractivity contribution < 1.29 is 28.6 Å². The molecule has 0 N–H and O–H groups in total. The molecule has 0 saturated heterocycles. The lowest BCUT2D eigenvalue weighted by atomic mass is 10.0. The minimum Gasteiger partial charge on any atom is -0.462 e. The van der Waals surface area contributed by atoms with Crippen molar-refractivity contribution >= 4 is 17.9 Å². The molecule has 1 atom stereocenters. The van der Waals surface area contributed by atoms with Gasteiger partial charge in [-0.3, -0.25) is 14.4 Å². The van der Waals surface area contributed by atoms with E-state index in [0.29, 0.717) is 12.8 Å². The zero-order valence-corrected chi connectivity index (χ0v) is 52.1. The van der Waals surface area contributed by atoms with Crippen molar-refractivity contribution in [1.29, 1.82) is 0 Å². The Morgan fingerprint density at radius 1 is 0.278 bits per heavy atom. The van der Waals surface area contributed by atoms with Crippen LogP contribution in [0.15, 0.2) is 97.2 Å². The van der Waals surface area contributed by atoms with Crippen molar-refractivity contribution in [2.24, 2.45) is 0 Å². The number of unbranched alkanes of at least 4 members (excludes halogenated alkanes) is 35. The highest BCUT2D eigenvalue weighted by atomic mass is 16.6. The van der Waals surface area contributed by atoms with Crippen molar-refractivity contribution in [3.8, 4) is 0 Å². The Kier molecular flexibility index (Phi) is 63.7. The summed E-state index contributed by atoms with van der Waals surface area (Å²) in [6.07, 6.45) is 90.5. The molecular formula is C73H126O6. The Morgan fingerprint density at radius 3 is 0.899 bits per heavy atom. The standard InChI is InChI=1S/C73H126O6/c1-4-7-10-13-16-19-22-25-27-28-29-30-31-32-33-34-35-36-37-38-39-40-41-42-43-44-46-48-51-54-57-60-63-66-72(75)78-69-70(68-77-71(74)65-62-59-56-53-50-47-24-21-18-15-12-9-6-3)79-73(76)67-64-61-58-55-52-49-45-26-23-20-17-14-11-8-5-2/h8,11-12,15,17,20-21,24,26,28-29,45,52,55,61,64,70H,4-7,9-10,13-14,16,18-19,22-23,25,27,30-44,46-51,53-54,56-60,62-63,65-69H2,1-3H3/b11-8-,15-12-,20-17-,24-21-,29-28-,45-26-,55-52-,64-61-. The highest BCUT2D eigenvalue weighted by Gasteiger charge is 2.19. The number of ether oxygens (including phenoxy) is 3. The van der Waals surface area contributed by atoms with E-state index in [-0.39, 0.29) is 31.6 Å². The fourth-order valence-electron chi connectivity index (χ4n) is 9.55. The summed E-state index contributed by atoms with van der Waals surface area (Å²) in [4.78, 5) is 38.2. The molecule has 0 rings (SSSR count). The predicted octanol–water partition coefficient (Wildman–Crippen LogP) is 23.2. The number of hydrogen-bond donors (Lipinski definition) is 0. The summed E-state index contributed by atoms with van der Waals surface area (Å²) in [6.45, 7) is 6.39. The summed E-state index contributed by atoms with van der Waals surface area (Å²) >= 11 is 0. The molecule has 6 heteroatoms. The summed E-state index contributed by atoms with van der Waals surface area (Å²) in [5.41, 5.74) is 0. The van der Waals surface area contributed by atoms with Crippen molar-refractivity contribution in [3.05, 3.63) is 97.2 Å². The lowest BCUT2D eigenvalue weighted by Gasteiger charge is -2.18. The molecule has 0 saturated carbocycles. The molecule has 0 amide bonds. The number of hydrogen-bond acceptors (Lipinski definition) is 6. The van der Waals surface area contributed by atoms with Gasteiger partial charge >= 0.3 is 17.9 Å². The van der Waals surface area contributed by atoms with Crippen LogP contribution >= 0.6 is 0 Å². The van der Waals surface area contributed by atoms with Crippen LogP contribution in [0.25, 0.3) is 0 Å². The first kappa shape index (κ1) is 75.3. The molecular weight excluding hydrogens is 973 g/mol. The molecule has 0 aliphatic heterocycles. The van der Waals surface area contributed by atoms with E-state index in [1.807, 2.05) is 6.08 Å². The molecule has 0 aliphatic carbocycles. The van der Waals surface area contributed by atoms with Crippen LogP contribution in [-0.2, 0) is 28.6 Å². The van der Waals surface area contributed by atoms with E-state index < -0.39 is 12.1 Å². The van der Waals surface area contributed by atoms with E-state index in [4.69, 9.17) is 14.2 Å². The molecule has 0 radical (unpaired) electrons. The SMILES string of the molecule is CC/C=C\C/C=C\C/C=C\C/C=C\C/C=C\CC(=O)OC(COC(=O)CCCCCCC/C=C\C/C=C\CCC)COC(=O)CCCCCCCCCCCCCCCCCCCCCCC/C=C\CCCCCCCCCC. The second-order valence-electron chi connectivity index (χ2n) is 22.4. The van der Waals surface area contributed by atoms with Gasteiger partial charge < -0.3 is 14.2 Å². The quantitative estimate of drug-likeness (QED) is 0.0261. The van der Waals surface area contributed by atoms with Gasteiger partial charge in [-0.05, 0) is 96.3 Å². The molecule has 0 spiro atoms. The second kappa shape index (κ2) is 66.8. The molecule has 0 fully saturated rings. The van der Waals surface area contributed by atoms with Crippen LogP contribution in [0.5, 0.6) is 0 Å². The normalized spacial score (nSPS) is 12.7. The van der Waals surface area contributed by atoms with Gasteiger partial charge in [0.15, 0.2) is 6.10 Å². The zero-order valence-electron chi connectivity index (χ0n) is 52.1. The van der Waals surface area contributed by atoms with Crippen LogP contribution in [0.1, 0.15) is 329 Å². The molecule has 0 bridgehead atoms. The van der Waals surface area contributed by atoms with E-state index in [2.05, 4.69) is 106 Å². The Balaban J connectivity index is 4.17. The van der Waals surface area contributed by atoms with Gasteiger partial charge in [0, 0.05) is 12.8 Å². The Bertz CT molecular complexity index is 1540. The van der Waals surface area contributed by atoms with E-state index >= 15 is 0 Å². The lowest BCUT2D eigenvalue weighted by Crippen LogP contribution is -2.30. The minimum absolute atomic E-state index is 0.0937. The van der Waals surface area contributed by atoms with Crippen LogP contribution < -0.4 is 0 Å². The Hall–Kier alpha value is -3.67. The van der Waals surface area contributed by atoms with Crippen molar-refractivity contribution in [2.45, 2.75) is 335 Å². The largest absolute Gasteiger partial charge is 0.462 e. The third-order valence-electron chi connectivity index (χ3n) is 14.6. The number of rotatable bonds is 61. The Morgan fingerprint density at radius 2 is 0.557 bits per heavy atom. The van der Waals surface area contributed by atoms with Crippen LogP contribution in [0.2, 0.25) is 0 Å². The lowest BCUT2D eigenvalue weighted by molar-refractivity contribution is -0.166. The molecule has 0 aromatic rings. The summed E-state index contributed by atoms with van der Waals surface area (Å²) in [6, 6.07) is 0. The van der Waals surface area contributed by atoms with E-state index in [1.54, 1.807) is 6.08 Å². The molecule has 0 aromatic heterocycles. The first-order valence-corrected chi connectivity index (χ1v) is 33.7. The maximum Gasteiger partial charge on any atom is 0.310 e. The van der Waals surface area contributed by atoms with Crippen LogP contribution in [-0.4, -0.2) is 37.2 Å². The Labute approximate surface area is 489 Å². The minimum atomic E-state index is -0.838. The van der Waals surface area contributed by atoms with E-state index in [0.717, 1.165) is 103 Å². The molecule has 0 heterocycles. The molecule has 79 heavy (non-hydrogen) atoms. The van der Waals surface area contributed by atoms with Gasteiger partial charge in [-0.2, -0.15) is 0 Å². The van der Waals surface area contributed by atoms with Gasteiger partial charge in [0.25, 0.3) is 0 Å². The monoisotopic (exact) mass is 1100 g/mol. The van der Waals surface area contributed by atoms with Gasteiger partial charge in [0.1, 0.15) is 13.2 Å². The average molecular weight is 1100 g/mol. The topological polar surface area (TPSA) is 78.9 Å². The molecule has 0 aliphatic rings. The zero-order chi connectivity index (χ0) is 57.1.